The molecule has 0 bridgehead atoms. The molecule has 0 aromatic carbocycles. The lowest BCUT2D eigenvalue weighted by Crippen LogP contribution is -2.42. The van der Waals surface area contributed by atoms with Gasteiger partial charge in [0.15, 0.2) is 11.7 Å². The zero-order chi connectivity index (χ0) is 18.0. The van der Waals surface area contributed by atoms with Crippen LogP contribution < -0.4 is 16.0 Å². The molecule has 0 saturated heterocycles. The Hall–Kier alpha value is -2.02. The third-order valence-electron chi connectivity index (χ3n) is 3.46. The average molecular weight is 338 g/mol. The predicted molar refractivity (Wildman–Crippen MR) is 95.3 cm³/mol. The highest BCUT2D eigenvalue weighted by atomic mass is 16.5. The fourth-order valence-electron chi connectivity index (χ4n) is 2.07. The zero-order valence-electron chi connectivity index (χ0n) is 15.3. The van der Waals surface area contributed by atoms with Crippen LogP contribution in [0.15, 0.2) is 27.8 Å². The maximum Gasteiger partial charge on any atom is 0.287 e. The van der Waals surface area contributed by atoms with Crippen LogP contribution in [0.3, 0.4) is 0 Å². The Morgan fingerprint density at radius 3 is 2.54 bits per heavy atom. The first kappa shape index (κ1) is 20.0. The number of carbonyl (C=O) groups excluding carboxylic acids is 1. The van der Waals surface area contributed by atoms with Gasteiger partial charge in [0, 0.05) is 26.7 Å². The van der Waals surface area contributed by atoms with E-state index in [1.54, 1.807) is 19.2 Å². The third-order valence-corrected chi connectivity index (χ3v) is 3.46. The number of methoxy groups -OCH3 is 1. The number of guanidine groups is 1. The number of hydrogen-bond donors (Lipinski definition) is 3. The van der Waals surface area contributed by atoms with E-state index in [1.807, 2.05) is 6.92 Å². The topological polar surface area (TPSA) is 87.9 Å². The van der Waals surface area contributed by atoms with Gasteiger partial charge in [-0.05, 0) is 24.5 Å². The summed E-state index contributed by atoms with van der Waals surface area (Å²) in [6, 6.07) is 3.32. The SMILES string of the molecule is CCNC(=NCC(OC)C(C)(C)C)NCCNC(=O)c1ccco1. The molecule has 1 amide bonds. The Balaban J connectivity index is 2.42. The van der Waals surface area contributed by atoms with Crippen molar-refractivity contribution in [2.45, 2.75) is 33.8 Å². The number of hydrogen-bond acceptors (Lipinski definition) is 4. The van der Waals surface area contributed by atoms with E-state index in [2.05, 4.69) is 41.7 Å². The van der Waals surface area contributed by atoms with Gasteiger partial charge in [-0.25, -0.2) is 0 Å². The molecule has 1 heterocycles. The predicted octanol–water partition coefficient (Wildman–Crippen LogP) is 1.63. The first-order valence-electron chi connectivity index (χ1n) is 8.25. The second-order valence-corrected chi connectivity index (χ2v) is 6.47. The van der Waals surface area contributed by atoms with Crippen LogP contribution in [0.5, 0.6) is 0 Å². The van der Waals surface area contributed by atoms with E-state index in [1.165, 1.54) is 6.26 Å². The fourth-order valence-corrected chi connectivity index (χ4v) is 2.07. The van der Waals surface area contributed by atoms with Gasteiger partial charge in [0.1, 0.15) is 0 Å². The van der Waals surface area contributed by atoms with E-state index in [0.717, 1.165) is 6.54 Å². The van der Waals surface area contributed by atoms with Gasteiger partial charge >= 0.3 is 0 Å². The van der Waals surface area contributed by atoms with Crippen LogP contribution in [0.25, 0.3) is 0 Å². The van der Waals surface area contributed by atoms with Crippen molar-refractivity contribution in [3.05, 3.63) is 24.2 Å². The summed E-state index contributed by atoms with van der Waals surface area (Å²) in [6.45, 7) is 10.7. The first-order valence-corrected chi connectivity index (χ1v) is 8.25. The van der Waals surface area contributed by atoms with Crippen molar-refractivity contribution in [2.75, 3.05) is 33.3 Å². The summed E-state index contributed by atoms with van der Waals surface area (Å²) < 4.78 is 10.6. The molecule has 0 aliphatic heterocycles. The third kappa shape index (κ3) is 7.04. The monoisotopic (exact) mass is 338 g/mol. The summed E-state index contributed by atoms with van der Waals surface area (Å²) in [7, 11) is 1.70. The molecule has 0 spiro atoms. The molecule has 1 atom stereocenters. The van der Waals surface area contributed by atoms with E-state index in [0.29, 0.717) is 31.4 Å². The summed E-state index contributed by atoms with van der Waals surface area (Å²) in [5.74, 6) is 0.788. The summed E-state index contributed by atoms with van der Waals surface area (Å²) in [5, 5.41) is 9.15. The standard InChI is InChI=1S/C17H30N4O3/c1-6-18-16(21-12-14(23-5)17(2,3)4)20-10-9-19-15(22)13-8-7-11-24-13/h7-8,11,14H,6,9-10,12H2,1-5H3,(H,19,22)(H2,18,20,21). The lowest BCUT2D eigenvalue weighted by molar-refractivity contribution is 0.0241. The highest BCUT2D eigenvalue weighted by Gasteiger charge is 2.24. The molecule has 0 radical (unpaired) electrons. The van der Waals surface area contributed by atoms with E-state index in [4.69, 9.17) is 9.15 Å². The second-order valence-electron chi connectivity index (χ2n) is 6.47. The number of amides is 1. The Morgan fingerprint density at radius 1 is 1.29 bits per heavy atom. The summed E-state index contributed by atoms with van der Waals surface area (Å²) in [6.07, 6.45) is 1.51. The molecule has 0 aliphatic carbocycles. The van der Waals surface area contributed by atoms with E-state index < -0.39 is 0 Å². The maximum atomic E-state index is 11.7. The molecular formula is C17H30N4O3. The minimum absolute atomic E-state index is 0.0204. The molecule has 1 aromatic heterocycles. The normalized spacial score (nSPS) is 13.5. The molecule has 136 valence electrons. The highest BCUT2D eigenvalue weighted by molar-refractivity contribution is 5.91. The van der Waals surface area contributed by atoms with Gasteiger partial charge in [-0.1, -0.05) is 20.8 Å². The Labute approximate surface area is 144 Å². The van der Waals surface area contributed by atoms with Crippen molar-refractivity contribution in [1.29, 1.82) is 0 Å². The lowest BCUT2D eigenvalue weighted by Gasteiger charge is -2.28. The Bertz CT molecular complexity index is 506. The van der Waals surface area contributed by atoms with Crippen LogP contribution in [0, 0.1) is 5.41 Å². The number of aliphatic imine (C=N–C) groups is 1. The minimum Gasteiger partial charge on any atom is -0.459 e. The smallest absolute Gasteiger partial charge is 0.287 e. The molecule has 1 aromatic rings. The quantitative estimate of drug-likeness (QED) is 0.381. The van der Waals surface area contributed by atoms with Gasteiger partial charge < -0.3 is 25.1 Å². The van der Waals surface area contributed by atoms with Crippen LogP contribution in [0.2, 0.25) is 0 Å². The van der Waals surface area contributed by atoms with Crippen molar-refractivity contribution in [1.82, 2.24) is 16.0 Å². The van der Waals surface area contributed by atoms with Crippen molar-refractivity contribution in [3.63, 3.8) is 0 Å². The van der Waals surface area contributed by atoms with Gasteiger partial charge in [-0.15, -0.1) is 0 Å². The van der Waals surface area contributed by atoms with Crippen LogP contribution >= 0.6 is 0 Å². The molecule has 24 heavy (non-hydrogen) atoms. The molecule has 0 fully saturated rings. The van der Waals surface area contributed by atoms with Gasteiger partial charge in [0.05, 0.1) is 18.9 Å². The maximum absolute atomic E-state index is 11.7. The van der Waals surface area contributed by atoms with Crippen molar-refractivity contribution < 1.29 is 13.9 Å². The second kappa shape index (κ2) is 9.97. The van der Waals surface area contributed by atoms with Gasteiger partial charge in [0.25, 0.3) is 5.91 Å². The van der Waals surface area contributed by atoms with E-state index in [-0.39, 0.29) is 17.4 Å². The van der Waals surface area contributed by atoms with Crippen LogP contribution in [0.1, 0.15) is 38.2 Å². The Morgan fingerprint density at radius 2 is 2.00 bits per heavy atom. The Kier molecular flexibility index (Phi) is 8.32. The number of furan rings is 1. The largest absolute Gasteiger partial charge is 0.459 e. The van der Waals surface area contributed by atoms with Crippen LogP contribution in [0.4, 0.5) is 0 Å². The first-order chi connectivity index (χ1) is 11.4. The average Bonchev–Trinajstić information content (AvgIpc) is 3.04. The number of nitrogens with one attached hydrogen (secondary N) is 3. The highest BCUT2D eigenvalue weighted by Crippen LogP contribution is 2.21. The van der Waals surface area contributed by atoms with Crippen molar-refractivity contribution >= 4 is 11.9 Å². The number of carbonyl (C=O) groups is 1. The van der Waals surface area contributed by atoms with Crippen LogP contribution in [-0.2, 0) is 4.74 Å². The number of rotatable bonds is 8. The molecule has 1 rings (SSSR count). The summed E-state index contributed by atoms with van der Waals surface area (Å²) in [4.78, 5) is 16.3. The molecule has 7 nitrogen and oxygen atoms in total. The molecule has 0 saturated carbocycles. The van der Waals surface area contributed by atoms with E-state index >= 15 is 0 Å². The van der Waals surface area contributed by atoms with Crippen molar-refractivity contribution in [3.8, 4) is 0 Å². The molecule has 1 unspecified atom stereocenters. The number of ether oxygens (including phenoxy) is 1. The van der Waals surface area contributed by atoms with Gasteiger partial charge in [0.2, 0.25) is 0 Å². The zero-order valence-corrected chi connectivity index (χ0v) is 15.3. The molecule has 0 aliphatic rings. The minimum atomic E-state index is -0.226. The summed E-state index contributed by atoms with van der Waals surface area (Å²) >= 11 is 0. The van der Waals surface area contributed by atoms with Crippen LogP contribution in [-0.4, -0.2) is 51.3 Å². The van der Waals surface area contributed by atoms with Gasteiger partial charge in [-0.3, -0.25) is 9.79 Å². The molecule has 7 heteroatoms. The summed E-state index contributed by atoms with van der Waals surface area (Å²) in [5.41, 5.74) is 0.0204. The van der Waals surface area contributed by atoms with Crippen molar-refractivity contribution in [2.24, 2.45) is 10.4 Å². The number of nitrogens with zero attached hydrogens (tertiary/aromatic N) is 1. The fraction of sp³-hybridized carbons (Fsp3) is 0.647. The molecular weight excluding hydrogens is 308 g/mol. The lowest BCUT2D eigenvalue weighted by atomic mass is 9.89. The molecule has 3 N–H and O–H groups in total. The van der Waals surface area contributed by atoms with E-state index in [9.17, 15) is 4.79 Å². The van der Waals surface area contributed by atoms with Gasteiger partial charge in [-0.2, -0.15) is 0 Å².